The summed E-state index contributed by atoms with van der Waals surface area (Å²) in [6, 6.07) is 18.7. The van der Waals surface area contributed by atoms with E-state index in [4.69, 9.17) is 5.26 Å². The van der Waals surface area contributed by atoms with Crippen molar-refractivity contribution >= 4 is 23.4 Å². The molecule has 6 nitrogen and oxygen atoms in total. The van der Waals surface area contributed by atoms with E-state index in [1.807, 2.05) is 42.5 Å². The van der Waals surface area contributed by atoms with Crippen molar-refractivity contribution < 1.29 is 4.79 Å². The van der Waals surface area contributed by atoms with Crippen LogP contribution in [0.5, 0.6) is 0 Å². The zero-order chi connectivity index (χ0) is 20.1. The predicted molar refractivity (Wildman–Crippen MR) is 112 cm³/mol. The molecule has 0 saturated heterocycles. The third-order valence-corrected chi connectivity index (χ3v) is 5.41. The van der Waals surface area contributed by atoms with Gasteiger partial charge in [0.1, 0.15) is 5.69 Å². The Kier molecular flexibility index (Phi) is 6.02. The Hall–Kier alpha value is -3.24. The van der Waals surface area contributed by atoms with Gasteiger partial charge in [0.25, 0.3) is 5.56 Å². The van der Waals surface area contributed by atoms with E-state index in [-0.39, 0.29) is 17.2 Å². The first-order valence-corrected chi connectivity index (χ1v) is 9.87. The van der Waals surface area contributed by atoms with Gasteiger partial charge in [0.2, 0.25) is 5.91 Å². The molecule has 0 aliphatic rings. The summed E-state index contributed by atoms with van der Waals surface area (Å²) in [5, 5.41) is 11.6. The van der Waals surface area contributed by atoms with Crippen LogP contribution in [-0.2, 0) is 17.6 Å². The molecule has 0 saturated carbocycles. The summed E-state index contributed by atoms with van der Waals surface area (Å²) < 4.78 is 3.27. The van der Waals surface area contributed by atoms with Crippen molar-refractivity contribution in [1.29, 1.82) is 5.26 Å². The number of para-hydroxylation sites is 1. The molecule has 0 unspecified atom stereocenters. The fourth-order valence-corrected chi connectivity index (χ4v) is 3.61. The summed E-state index contributed by atoms with van der Waals surface area (Å²) in [4.78, 5) is 25.1. The molecule has 1 heterocycles. The number of amides is 1. The third-order valence-electron chi connectivity index (χ3n) is 4.40. The number of hydrogen-bond donors (Lipinski definition) is 1. The van der Waals surface area contributed by atoms with Crippen LogP contribution < -0.4 is 10.9 Å². The van der Waals surface area contributed by atoms with E-state index in [2.05, 4.69) is 11.4 Å². The van der Waals surface area contributed by atoms with Gasteiger partial charge in [-0.3, -0.25) is 14.3 Å². The van der Waals surface area contributed by atoms with Crippen LogP contribution in [0.4, 0.5) is 5.69 Å². The number of carbonyl (C=O) groups is 1. The zero-order valence-corrected chi connectivity index (χ0v) is 16.5. The molecule has 1 amide bonds. The Bertz CT molecular complexity index is 1080. The molecule has 3 rings (SSSR count). The maximum Gasteiger partial charge on any atom is 0.295 e. The molecule has 1 N–H and O–H groups in total. The normalized spacial score (nSPS) is 10.5. The third kappa shape index (κ3) is 4.18. The molecule has 0 aliphatic carbocycles. The van der Waals surface area contributed by atoms with Crippen LogP contribution in [0, 0.1) is 18.3 Å². The van der Waals surface area contributed by atoms with Gasteiger partial charge in [-0.2, -0.15) is 5.26 Å². The number of aromatic nitrogens is 2. The molecule has 0 radical (unpaired) electrons. The van der Waals surface area contributed by atoms with Crippen molar-refractivity contribution in [2.45, 2.75) is 12.7 Å². The standard InChI is InChI=1S/C21H20N4O2S/c1-15-20(21(27)25(24(15)2)18-6-4-3-5-7-18)23-19(26)14-28-13-17-10-8-16(12-22)9-11-17/h3-11H,13-14H2,1-2H3,(H,23,26). The van der Waals surface area contributed by atoms with E-state index < -0.39 is 0 Å². The summed E-state index contributed by atoms with van der Waals surface area (Å²) in [5.74, 6) is 0.671. The van der Waals surface area contributed by atoms with Gasteiger partial charge in [-0.15, -0.1) is 11.8 Å². The van der Waals surface area contributed by atoms with Crippen molar-refractivity contribution in [3.8, 4) is 11.8 Å². The predicted octanol–water partition coefficient (Wildman–Crippen LogP) is 3.23. The van der Waals surface area contributed by atoms with Crippen molar-refractivity contribution in [2.24, 2.45) is 7.05 Å². The summed E-state index contributed by atoms with van der Waals surface area (Å²) in [5.41, 5.74) is 3.14. The molecular weight excluding hydrogens is 372 g/mol. The second-order valence-electron chi connectivity index (χ2n) is 6.29. The Morgan fingerprint density at radius 3 is 2.46 bits per heavy atom. The van der Waals surface area contributed by atoms with Crippen LogP contribution in [0.15, 0.2) is 59.4 Å². The quantitative estimate of drug-likeness (QED) is 0.698. The molecular formula is C21H20N4O2S. The highest BCUT2D eigenvalue weighted by molar-refractivity contribution is 7.99. The largest absolute Gasteiger partial charge is 0.319 e. The van der Waals surface area contributed by atoms with E-state index in [0.717, 1.165) is 11.3 Å². The van der Waals surface area contributed by atoms with Crippen molar-refractivity contribution in [3.05, 3.63) is 81.8 Å². The lowest BCUT2D eigenvalue weighted by molar-refractivity contribution is -0.113. The molecule has 28 heavy (non-hydrogen) atoms. The number of thioether (sulfide) groups is 1. The minimum absolute atomic E-state index is 0.218. The first kappa shape index (κ1) is 19.5. The Morgan fingerprint density at radius 2 is 1.82 bits per heavy atom. The molecule has 0 bridgehead atoms. The average Bonchev–Trinajstić information content (AvgIpc) is 2.92. The molecule has 3 aromatic rings. The number of benzene rings is 2. The Labute approximate surface area is 167 Å². The molecule has 0 fully saturated rings. The zero-order valence-electron chi connectivity index (χ0n) is 15.7. The van der Waals surface area contributed by atoms with Gasteiger partial charge in [0, 0.05) is 12.8 Å². The SMILES string of the molecule is Cc1c(NC(=O)CSCc2ccc(C#N)cc2)c(=O)n(-c2ccccc2)n1C. The first-order chi connectivity index (χ1) is 13.5. The van der Waals surface area contributed by atoms with Gasteiger partial charge >= 0.3 is 0 Å². The fourth-order valence-electron chi connectivity index (χ4n) is 2.82. The summed E-state index contributed by atoms with van der Waals surface area (Å²) in [7, 11) is 1.79. The number of anilines is 1. The first-order valence-electron chi connectivity index (χ1n) is 8.72. The van der Waals surface area contributed by atoms with Crippen molar-refractivity contribution in [2.75, 3.05) is 11.1 Å². The summed E-state index contributed by atoms with van der Waals surface area (Å²) in [6.45, 7) is 1.81. The van der Waals surface area contributed by atoms with Gasteiger partial charge < -0.3 is 5.32 Å². The minimum atomic E-state index is -0.253. The maximum atomic E-state index is 12.8. The van der Waals surface area contributed by atoms with Crippen LogP contribution in [0.25, 0.3) is 5.69 Å². The second kappa shape index (κ2) is 8.63. The lowest BCUT2D eigenvalue weighted by Gasteiger charge is -2.07. The van der Waals surface area contributed by atoms with Gasteiger partial charge in [-0.1, -0.05) is 30.3 Å². The smallest absolute Gasteiger partial charge is 0.295 e. The van der Waals surface area contributed by atoms with E-state index >= 15 is 0 Å². The highest BCUT2D eigenvalue weighted by atomic mass is 32.2. The molecule has 2 aromatic carbocycles. The van der Waals surface area contributed by atoms with E-state index in [9.17, 15) is 9.59 Å². The van der Waals surface area contributed by atoms with Crippen LogP contribution in [0.2, 0.25) is 0 Å². The second-order valence-corrected chi connectivity index (χ2v) is 7.27. The Balaban J connectivity index is 1.66. The van der Waals surface area contributed by atoms with Gasteiger partial charge in [0.15, 0.2) is 0 Å². The number of hydrogen-bond acceptors (Lipinski definition) is 4. The van der Waals surface area contributed by atoms with Crippen LogP contribution in [0.3, 0.4) is 0 Å². The van der Waals surface area contributed by atoms with Crippen molar-refractivity contribution in [1.82, 2.24) is 9.36 Å². The lowest BCUT2D eigenvalue weighted by atomic mass is 10.2. The molecule has 0 spiro atoms. The lowest BCUT2D eigenvalue weighted by Crippen LogP contribution is -2.23. The number of nitrogens with one attached hydrogen (secondary N) is 1. The summed E-state index contributed by atoms with van der Waals surface area (Å²) in [6.07, 6.45) is 0. The monoisotopic (exact) mass is 392 g/mol. The topological polar surface area (TPSA) is 79.8 Å². The molecule has 0 aliphatic heterocycles. The molecule has 7 heteroatoms. The van der Waals surface area contributed by atoms with E-state index in [1.54, 1.807) is 30.8 Å². The van der Waals surface area contributed by atoms with Gasteiger partial charge in [-0.25, -0.2) is 4.68 Å². The van der Waals surface area contributed by atoms with Crippen molar-refractivity contribution in [3.63, 3.8) is 0 Å². The van der Waals surface area contributed by atoms with Crippen LogP contribution >= 0.6 is 11.8 Å². The minimum Gasteiger partial charge on any atom is -0.319 e. The Morgan fingerprint density at radius 1 is 1.14 bits per heavy atom. The highest BCUT2D eigenvalue weighted by Crippen LogP contribution is 2.16. The van der Waals surface area contributed by atoms with Gasteiger partial charge in [-0.05, 0) is 36.8 Å². The number of carbonyl (C=O) groups excluding carboxylic acids is 1. The van der Waals surface area contributed by atoms with Crippen LogP contribution in [0.1, 0.15) is 16.8 Å². The van der Waals surface area contributed by atoms with E-state index in [1.165, 1.54) is 16.4 Å². The summed E-state index contributed by atoms with van der Waals surface area (Å²) >= 11 is 1.46. The number of nitrogens with zero attached hydrogens (tertiary/aromatic N) is 3. The maximum absolute atomic E-state index is 12.8. The number of rotatable bonds is 6. The molecule has 0 atom stereocenters. The van der Waals surface area contributed by atoms with E-state index in [0.29, 0.717) is 22.7 Å². The van der Waals surface area contributed by atoms with Crippen LogP contribution in [-0.4, -0.2) is 21.0 Å². The number of nitriles is 1. The van der Waals surface area contributed by atoms with Gasteiger partial charge in [0.05, 0.1) is 28.8 Å². The molecule has 1 aromatic heterocycles. The average molecular weight is 392 g/mol. The fraction of sp³-hybridized carbons (Fsp3) is 0.190. The molecule has 142 valence electrons. The highest BCUT2D eigenvalue weighted by Gasteiger charge is 2.17.